The maximum absolute atomic E-state index is 5.96. The average Bonchev–Trinajstić information content (AvgIpc) is 2.81. The molecule has 1 fully saturated rings. The number of anilines is 1. The Bertz CT molecular complexity index is 360. The first kappa shape index (κ1) is 12.7. The van der Waals surface area contributed by atoms with Crippen molar-refractivity contribution in [1.82, 2.24) is 0 Å². The molecule has 0 amide bonds. The minimum absolute atomic E-state index is 0.128. The van der Waals surface area contributed by atoms with Crippen molar-refractivity contribution < 1.29 is 9.47 Å². The van der Waals surface area contributed by atoms with E-state index >= 15 is 0 Å². The van der Waals surface area contributed by atoms with E-state index in [0.29, 0.717) is 5.88 Å². The van der Waals surface area contributed by atoms with E-state index in [9.17, 15) is 0 Å². The van der Waals surface area contributed by atoms with Crippen LogP contribution < -0.4 is 4.90 Å². The SMILES string of the molecule is COC1CN(c2ccccc2CCl)CC1OC. The standard InChI is InChI=1S/C13H18ClNO2/c1-16-12-8-15(9-13(12)17-2)11-6-4-3-5-10(11)7-14/h3-6,12-13H,7-9H2,1-2H3. The number of halogens is 1. The van der Waals surface area contributed by atoms with E-state index in [-0.39, 0.29) is 12.2 Å². The zero-order valence-electron chi connectivity index (χ0n) is 10.2. The first-order valence-corrected chi connectivity index (χ1v) is 6.28. The van der Waals surface area contributed by atoms with E-state index in [2.05, 4.69) is 17.0 Å². The third kappa shape index (κ3) is 2.57. The molecule has 2 unspecified atom stereocenters. The molecule has 1 heterocycles. The largest absolute Gasteiger partial charge is 0.377 e. The molecule has 0 bridgehead atoms. The molecular formula is C13H18ClNO2. The Kier molecular flexibility index (Phi) is 4.26. The third-order valence-corrected chi connectivity index (χ3v) is 3.59. The van der Waals surface area contributed by atoms with Crippen molar-refractivity contribution >= 4 is 17.3 Å². The zero-order valence-corrected chi connectivity index (χ0v) is 11.0. The van der Waals surface area contributed by atoms with Crippen LogP contribution in [0.3, 0.4) is 0 Å². The summed E-state index contributed by atoms with van der Waals surface area (Å²) < 4.78 is 10.9. The van der Waals surface area contributed by atoms with E-state index in [4.69, 9.17) is 21.1 Å². The van der Waals surface area contributed by atoms with E-state index in [1.165, 1.54) is 5.69 Å². The van der Waals surface area contributed by atoms with Crippen LogP contribution in [0.25, 0.3) is 0 Å². The van der Waals surface area contributed by atoms with Crippen LogP contribution in [0.4, 0.5) is 5.69 Å². The van der Waals surface area contributed by atoms with Gasteiger partial charge in [-0.05, 0) is 11.6 Å². The number of alkyl halides is 1. The molecule has 0 N–H and O–H groups in total. The molecule has 0 saturated carbocycles. The Hall–Kier alpha value is -0.770. The summed E-state index contributed by atoms with van der Waals surface area (Å²) in [5, 5.41) is 0. The van der Waals surface area contributed by atoms with Gasteiger partial charge < -0.3 is 14.4 Å². The van der Waals surface area contributed by atoms with Crippen LogP contribution in [0.15, 0.2) is 24.3 Å². The molecule has 94 valence electrons. The number of hydrogen-bond donors (Lipinski definition) is 0. The Labute approximate surface area is 107 Å². The van der Waals surface area contributed by atoms with Crippen LogP contribution in [0, 0.1) is 0 Å². The summed E-state index contributed by atoms with van der Waals surface area (Å²) in [6.45, 7) is 1.70. The lowest BCUT2D eigenvalue weighted by Crippen LogP contribution is -2.27. The van der Waals surface area contributed by atoms with Crippen LogP contribution in [0.1, 0.15) is 5.56 Å². The van der Waals surface area contributed by atoms with Gasteiger partial charge in [0, 0.05) is 38.9 Å². The number of nitrogens with zero attached hydrogens (tertiary/aromatic N) is 1. The molecule has 0 radical (unpaired) electrons. The summed E-state index contributed by atoms with van der Waals surface area (Å²) in [7, 11) is 3.46. The first-order chi connectivity index (χ1) is 8.30. The fourth-order valence-corrected chi connectivity index (χ4v) is 2.55. The molecule has 1 saturated heterocycles. The molecule has 0 spiro atoms. The van der Waals surface area contributed by atoms with E-state index in [0.717, 1.165) is 18.7 Å². The molecule has 0 aliphatic carbocycles. The number of para-hydroxylation sites is 1. The summed E-state index contributed by atoms with van der Waals surface area (Å²) >= 11 is 5.96. The molecule has 2 rings (SSSR count). The highest BCUT2D eigenvalue weighted by Crippen LogP contribution is 2.27. The van der Waals surface area contributed by atoms with Gasteiger partial charge >= 0.3 is 0 Å². The van der Waals surface area contributed by atoms with Crippen LogP contribution in [0.5, 0.6) is 0 Å². The number of methoxy groups -OCH3 is 2. The molecule has 1 aliphatic rings. The van der Waals surface area contributed by atoms with Gasteiger partial charge in [0.2, 0.25) is 0 Å². The average molecular weight is 256 g/mol. The van der Waals surface area contributed by atoms with Gasteiger partial charge in [0.1, 0.15) is 12.2 Å². The van der Waals surface area contributed by atoms with Gasteiger partial charge in [0.25, 0.3) is 0 Å². The van der Waals surface area contributed by atoms with Crippen molar-refractivity contribution in [3.8, 4) is 0 Å². The molecule has 3 nitrogen and oxygen atoms in total. The molecule has 4 heteroatoms. The predicted octanol–water partition coefficient (Wildman–Crippen LogP) is 2.28. The van der Waals surface area contributed by atoms with Gasteiger partial charge in [-0.1, -0.05) is 18.2 Å². The lowest BCUT2D eigenvalue weighted by atomic mass is 10.2. The van der Waals surface area contributed by atoms with E-state index in [1.54, 1.807) is 14.2 Å². The molecule has 1 aromatic rings. The molecule has 17 heavy (non-hydrogen) atoms. The number of hydrogen-bond acceptors (Lipinski definition) is 3. The molecule has 0 aromatic heterocycles. The van der Waals surface area contributed by atoms with Crippen LogP contribution >= 0.6 is 11.6 Å². The number of benzene rings is 1. The second kappa shape index (κ2) is 5.71. The highest BCUT2D eigenvalue weighted by Gasteiger charge is 2.33. The molecule has 2 atom stereocenters. The van der Waals surface area contributed by atoms with Gasteiger partial charge in [-0.15, -0.1) is 11.6 Å². The summed E-state index contributed by atoms with van der Waals surface area (Å²) in [5.74, 6) is 0.530. The summed E-state index contributed by atoms with van der Waals surface area (Å²) in [6, 6.07) is 8.21. The van der Waals surface area contributed by atoms with E-state index in [1.807, 2.05) is 12.1 Å². The van der Waals surface area contributed by atoms with E-state index < -0.39 is 0 Å². The molecule has 1 aromatic carbocycles. The quantitative estimate of drug-likeness (QED) is 0.771. The maximum atomic E-state index is 5.96. The van der Waals surface area contributed by atoms with Gasteiger partial charge in [-0.25, -0.2) is 0 Å². The number of ether oxygens (including phenoxy) is 2. The maximum Gasteiger partial charge on any atom is 0.102 e. The van der Waals surface area contributed by atoms with Crippen molar-refractivity contribution in [1.29, 1.82) is 0 Å². The smallest absolute Gasteiger partial charge is 0.102 e. The fraction of sp³-hybridized carbons (Fsp3) is 0.538. The highest BCUT2D eigenvalue weighted by molar-refractivity contribution is 6.17. The second-order valence-corrected chi connectivity index (χ2v) is 4.48. The molecule has 1 aliphatic heterocycles. The first-order valence-electron chi connectivity index (χ1n) is 5.74. The second-order valence-electron chi connectivity index (χ2n) is 4.22. The third-order valence-electron chi connectivity index (χ3n) is 3.30. The van der Waals surface area contributed by atoms with Gasteiger partial charge in [-0.3, -0.25) is 0 Å². The van der Waals surface area contributed by atoms with Crippen molar-refractivity contribution in [2.45, 2.75) is 18.1 Å². The Morgan fingerprint density at radius 1 is 1.18 bits per heavy atom. The predicted molar refractivity (Wildman–Crippen MR) is 69.8 cm³/mol. The summed E-state index contributed by atoms with van der Waals surface area (Å²) in [6.07, 6.45) is 0.256. The van der Waals surface area contributed by atoms with Gasteiger partial charge in [0.05, 0.1) is 0 Å². The highest BCUT2D eigenvalue weighted by atomic mass is 35.5. The Morgan fingerprint density at radius 2 is 1.76 bits per heavy atom. The molecular weight excluding hydrogens is 238 g/mol. The Morgan fingerprint density at radius 3 is 2.29 bits per heavy atom. The summed E-state index contributed by atoms with van der Waals surface area (Å²) in [5.41, 5.74) is 2.34. The van der Waals surface area contributed by atoms with Crippen LogP contribution in [-0.4, -0.2) is 39.5 Å². The minimum Gasteiger partial charge on any atom is -0.377 e. The van der Waals surface area contributed by atoms with Crippen LogP contribution in [-0.2, 0) is 15.4 Å². The van der Waals surface area contributed by atoms with Gasteiger partial charge in [-0.2, -0.15) is 0 Å². The normalized spacial score (nSPS) is 24.3. The van der Waals surface area contributed by atoms with Crippen LogP contribution in [0.2, 0.25) is 0 Å². The summed E-state index contributed by atoms with van der Waals surface area (Å²) in [4.78, 5) is 2.28. The van der Waals surface area contributed by atoms with Crippen molar-refractivity contribution in [2.75, 3.05) is 32.2 Å². The number of rotatable bonds is 4. The fourth-order valence-electron chi connectivity index (χ4n) is 2.33. The lowest BCUT2D eigenvalue weighted by molar-refractivity contribution is -0.00461. The lowest BCUT2D eigenvalue weighted by Gasteiger charge is -2.20. The van der Waals surface area contributed by atoms with Crippen molar-refractivity contribution in [2.24, 2.45) is 0 Å². The zero-order chi connectivity index (χ0) is 12.3. The van der Waals surface area contributed by atoms with Gasteiger partial charge in [0.15, 0.2) is 0 Å². The van der Waals surface area contributed by atoms with Crippen molar-refractivity contribution in [3.63, 3.8) is 0 Å². The minimum atomic E-state index is 0.128. The topological polar surface area (TPSA) is 21.7 Å². The monoisotopic (exact) mass is 255 g/mol. The Balaban J connectivity index is 2.18. The van der Waals surface area contributed by atoms with Crippen molar-refractivity contribution in [3.05, 3.63) is 29.8 Å².